The maximum absolute atomic E-state index is 5.88. The highest BCUT2D eigenvalue weighted by molar-refractivity contribution is 5.31. The van der Waals surface area contributed by atoms with E-state index in [2.05, 4.69) is 24.2 Å². The van der Waals surface area contributed by atoms with Gasteiger partial charge in [0.1, 0.15) is 18.1 Å². The van der Waals surface area contributed by atoms with Gasteiger partial charge in [0.25, 0.3) is 0 Å². The summed E-state index contributed by atoms with van der Waals surface area (Å²) in [6, 6.07) is 10.2. The first-order valence-electron chi connectivity index (χ1n) is 9.06. The van der Waals surface area contributed by atoms with Crippen molar-refractivity contribution in [1.29, 1.82) is 0 Å². The average Bonchev–Trinajstić information content (AvgIpc) is 2.92. The Kier molecular flexibility index (Phi) is 5.79. The standard InChI is InChI=1S/C19H30N2O2/c1-3-11-22-18-6-8-19(9-7-18)23-12-10-21(2)17-13-15-4-5-16(14-17)20-15/h6-9,15-17,20H,3-5,10-14H2,1-2H3. The zero-order valence-electron chi connectivity index (χ0n) is 14.5. The molecule has 2 aliphatic rings. The fourth-order valence-corrected chi connectivity index (χ4v) is 3.73. The lowest BCUT2D eigenvalue weighted by Crippen LogP contribution is -2.47. The van der Waals surface area contributed by atoms with Crippen LogP contribution in [0.25, 0.3) is 0 Å². The lowest BCUT2D eigenvalue weighted by Gasteiger charge is -2.35. The largest absolute Gasteiger partial charge is 0.494 e. The van der Waals surface area contributed by atoms with Gasteiger partial charge in [0.2, 0.25) is 0 Å². The quantitative estimate of drug-likeness (QED) is 0.799. The van der Waals surface area contributed by atoms with Crippen LogP contribution in [-0.4, -0.2) is 49.8 Å². The fraction of sp³-hybridized carbons (Fsp3) is 0.684. The minimum atomic E-state index is 0.710. The molecule has 2 fully saturated rings. The van der Waals surface area contributed by atoms with E-state index in [0.717, 1.165) is 49.8 Å². The molecule has 2 heterocycles. The van der Waals surface area contributed by atoms with Crippen molar-refractivity contribution in [2.24, 2.45) is 0 Å². The molecule has 3 rings (SSSR count). The third-order valence-electron chi connectivity index (χ3n) is 5.08. The van der Waals surface area contributed by atoms with E-state index in [0.29, 0.717) is 6.04 Å². The Hall–Kier alpha value is -1.26. The summed E-state index contributed by atoms with van der Waals surface area (Å²) in [6.45, 7) is 4.61. The Bertz CT molecular complexity index is 465. The zero-order valence-corrected chi connectivity index (χ0v) is 14.5. The highest BCUT2D eigenvalue weighted by atomic mass is 16.5. The molecule has 1 aromatic carbocycles. The average molecular weight is 318 g/mol. The van der Waals surface area contributed by atoms with Crippen molar-refractivity contribution in [3.63, 3.8) is 0 Å². The summed E-state index contributed by atoms with van der Waals surface area (Å²) >= 11 is 0. The van der Waals surface area contributed by atoms with Gasteiger partial charge in [-0.2, -0.15) is 0 Å². The molecule has 23 heavy (non-hydrogen) atoms. The van der Waals surface area contributed by atoms with Gasteiger partial charge in [-0.1, -0.05) is 6.92 Å². The topological polar surface area (TPSA) is 33.7 Å². The van der Waals surface area contributed by atoms with Crippen LogP contribution in [0.4, 0.5) is 0 Å². The molecule has 0 amide bonds. The molecule has 0 saturated carbocycles. The number of likely N-dealkylation sites (N-methyl/N-ethyl adjacent to an activating group) is 1. The first-order chi connectivity index (χ1) is 11.2. The molecule has 1 aromatic rings. The number of nitrogens with zero attached hydrogens (tertiary/aromatic N) is 1. The number of hydrogen-bond donors (Lipinski definition) is 1. The Morgan fingerprint density at radius 1 is 1.00 bits per heavy atom. The molecular weight excluding hydrogens is 288 g/mol. The van der Waals surface area contributed by atoms with E-state index in [1.165, 1.54) is 25.7 Å². The second-order valence-corrected chi connectivity index (χ2v) is 6.91. The lowest BCUT2D eigenvalue weighted by molar-refractivity contribution is 0.147. The predicted molar refractivity (Wildman–Crippen MR) is 93.3 cm³/mol. The number of piperidine rings is 1. The second kappa shape index (κ2) is 8.02. The minimum absolute atomic E-state index is 0.710. The monoisotopic (exact) mass is 318 g/mol. The van der Waals surface area contributed by atoms with E-state index >= 15 is 0 Å². The van der Waals surface area contributed by atoms with Gasteiger partial charge in [-0.05, 0) is 63.4 Å². The summed E-state index contributed by atoms with van der Waals surface area (Å²) in [5.41, 5.74) is 0. The van der Waals surface area contributed by atoms with Gasteiger partial charge in [0.15, 0.2) is 0 Å². The van der Waals surface area contributed by atoms with Crippen LogP contribution in [0.2, 0.25) is 0 Å². The summed E-state index contributed by atoms with van der Waals surface area (Å²) in [7, 11) is 2.24. The molecule has 2 saturated heterocycles. The summed E-state index contributed by atoms with van der Waals surface area (Å²) < 4.78 is 11.5. The molecule has 4 nitrogen and oxygen atoms in total. The van der Waals surface area contributed by atoms with Crippen molar-refractivity contribution >= 4 is 0 Å². The third kappa shape index (κ3) is 4.61. The molecule has 128 valence electrons. The fourth-order valence-electron chi connectivity index (χ4n) is 3.73. The van der Waals surface area contributed by atoms with Gasteiger partial charge >= 0.3 is 0 Å². The van der Waals surface area contributed by atoms with E-state index in [-0.39, 0.29) is 0 Å². The second-order valence-electron chi connectivity index (χ2n) is 6.91. The van der Waals surface area contributed by atoms with E-state index in [1.54, 1.807) is 0 Å². The van der Waals surface area contributed by atoms with Crippen LogP contribution in [0.15, 0.2) is 24.3 Å². The van der Waals surface area contributed by atoms with Gasteiger partial charge in [0.05, 0.1) is 6.61 Å². The van der Waals surface area contributed by atoms with Crippen LogP contribution in [0.5, 0.6) is 11.5 Å². The molecule has 0 aliphatic carbocycles. The number of nitrogens with one attached hydrogen (secondary N) is 1. The summed E-state index contributed by atoms with van der Waals surface area (Å²) in [5, 5.41) is 3.71. The normalized spacial score (nSPS) is 26.5. The highest BCUT2D eigenvalue weighted by Crippen LogP contribution is 2.29. The van der Waals surface area contributed by atoms with Crippen LogP contribution in [0.3, 0.4) is 0 Å². The molecular formula is C19H30N2O2. The number of fused-ring (bicyclic) bond motifs is 2. The van der Waals surface area contributed by atoms with Crippen molar-refractivity contribution < 1.29 is 9.47 Å². The predicted octanol–water partition coefficient (Wildman–Crippen LogP) is 3.07. The molecule has 2 atom stereocenters. The van der Waals surface area contributed by atoms with Crippen molar-refractivity contribution in [2.45, 2.75) is 57.2 Å². The summed E-state index contributed by atoms with van der Waals surface area (Å²) in [4.78, 5) is 2.48. The lowest BCUT2D eigenvalue weighted by atomic mass is 9.99. The molecule has 0 spiro atoms. The SMILES string of the molecule is CCCOc1ccc(OCCN(C)C2CC3CCC(C2)N3)cc1. The van der Waals surface area contributed by atoms with E-state index in [9.17, 15) is 0 Å². The van der Waals surface area contributed by atoms with Crippen LogP contribution in [0, 0.1) is 0 Å². The molecule has 1 N–H and O–H groups in total. The van der Waals surface area contributed by atoms with Crippen LogP contribution in [0.1, 0.15) is 39.0 Å². The number of hydrogen-bond acceptors (Lipinski definition) is 4. The van der Waals surface area contributed by atoms with E-state index < -0.39 is 0 Å². The first kappa shape index (κ1) is 16.6. The molecule has 4 heteroatoms. The Balaban J connectivity index is 1.38. The first-order valence-corrected chi connectivity index (χ1v) is 9.06. The van der Waals surface area contributed by atoms with Crippen molar-refractivity contribution in [3.05, 3.63) is 24.3 Å². The van der Waals surface area contributed by atoms with Crippen molar-refractivity contribution in [3.8, 4) is 11.5 Å². The Labute approximate surface area is 140 Å². The van der Waals surface area contributed by atoms with Gasteiger partial charge in [0, 0.05) is 24.7 Å². The van der Waals surface area contributed by atoms with Gasteiger partial charge in [-0.3, -0.25) is 4.90 Å². The van der Waals surface area contributed by atoms with Crippen molar-refractivity contribution in [2.75, 3.05) is 26.8 Å². The van der Waals surface area contributed by atoms with Crippen molar-refractivity contribution in [1.82, 2.24) is 10.2 Å². The summed E-state index contributed by atoms with van der Waals surface area (Å²) in [6.07, 6.45) is 6.33. The maximum Gasteiger partial charge on any atom is 0.119 e. The van der Waals surface area contributed by atoms with Crippen LogP contribution >= 0.6 is 0 Å². The Morgan fingerprint density at radius 2 is 1.57 bits per heavy atom. The molecule has 0 radical (unpaired) electrons. The molecule has 0 aromatic heterocycles. The maximum atomic E-state index is 5.88. The highest BCUT2D eigenvalue weighted by Gasteiger charge is 2.34. The Morgan fingerprint density at radius 3 is 2.13 bits per heavy atom. The number of ether oxygens (including phenoxy) is 2. The minimum Gasteiger partial charge on any atom is -0.494 e. The van der Waals surface area contributed by atoms with Gasteiger partial charge in [-0.25, -0.2) is 0 Å². The molecule has 2 aliphatic heterocycles. The smallest absolute Gasteiger partial charge is 0.119 e. The van der Waals surface area contributed by atoms with Gasteiger partial charge < -0.3 is 14.8 Å². The molecule has 2 unspecified atom stereocenters. The van der Waals surface area contributed by atoms with Gasteiger partial charge in [-0.15, -0.1) is 0 Å². The van der Waals surface area contributed by atoms with E-state index in [4.69, 9.17) is 9.47 Å². The van der Waals surface area contributed by atoms with E-state index in [1.807, 2.05) is 24.3 Å². The third-order valence-corrected chi connectivity index (χ3v) is 5.08. The number of rotatable bonds is 8. The van der Waals surface area contributed by atoms with Crippen LogP contribution in [-0.2, 0) is 0 Å². The summed E-state index contributed by atoms with van der Waals surface area (Å²) in [5.74, 6) is 1.84. The number of benzene rings is 1. The zero-order chi connectivity index (χ0) is 16.1. The molecule has 2 bridgehead atoms. The van der Waals surface area contributed by atoms with Crippen LogP contribution < -0.4 is 14.8 Å².